The summed E-state index contributed by atoms with van der Waals surface area (Å²) < 4.78 is 0. The van der Waals surface area contributed by atoms with Gasteiger partial charge in [-0.1, -0.05) is 36.4 Å². The van der Waals surface area contributed by atoms with Crippen molar-refractivity contribution in [2.75, 3.05) is 22.1 Å². The normalized spacial score (nSPS) is 12.9. The number of rotatable bonds is 4. The number of benzene rings is 2. The molecule has 1 aliphatic rings. The van der Waals surface area contributed by atoms with Crippen LogP contribution in [0.1, 0.15) is 21.5 Å². The second-order valence-electron chi connectivity index (χ2n) is 6.87. The summed E-state index contributed by atoms with van der Waals surface area (Å²) in [5.41, 5.74) is 3.06. The first-order chi connectivity index (χ1) is 14.0. The fourth-order valence-corrected chi connectivity index (χ4v) is 3.14. The van der Waals surface area contributed by atoms with Crippen LogP contribution in [0.25, 0.3) is 0 Å². The molecular weight excluding hydrogens is 368 g/mol. The molecule has 7 heteroatoms. The van der Waals surface area contributed by atoms with Crippen LogP contribution in [-0.4, -0.2) is 28.4 Å². The number of carbonyl (C=O) groups excluding carboxylic acids is 2. The lowest BCUT2D eigenvalue weighted by atomic mass is 10.1. The van der Waals surface area contributed by atoms with Crippen LogP contribution in [0, 0.1) is 6.92 Å². The molecule has 0 spiro atoms. The summed E-state index contributed by atoms with van der Waals surface area (Å²) >= 11 is 0. The van der Waals surface area contributed by atoms with Crippen molar-refractivity contribution in [1.82, 2.24) is 4.98 Å². The number of carbonyl (C=O) groups is 2. The summed E-state index contributed by atoms with van der Waals surface area (Å²) in [6.45, 7) is 2.33. The minimum Gasteiger partial charge on any atom is -0.508 e. The number of hydrogen-bond donors (Lipinski definition) is 3. The summed E-state index contributed by atoms with van der Waals surface area (Å²) in [5.74, 6) is 0.200. The standard InChI is InChI=1S/C22H20N4O3/c1-14-7-8-17(10-19(14)27)25-22(29)16-9-18-21(23-11-16)24-12-20(28)26(18)13-15-5-3-2-4-6-15/h2-11,27H,12-13H2,1H3,(H,23,24)(H,25,29). The second-order valence-corrected chi connectivity index (χ2v) is 6.87. The molecule has 0 fully saturated rings. The minimum absolute atomic E-state index is 0.0934. The Balaban J connectivity index is 1.61. The Bertz CT molecular complexity index is 1080. The molecular formula is C22H20N4O3. The lowest BCUT2D eigenvalue weighted by molar-refractivity contribution is -0.117. The molecule has 2 heterocycles. The van der Waals surface area contributed by atoms with Gasteiger partial charge in [-0.25, -0.2) is 4.98 Å². The molecule has 2 aromatic carbocycles. The summed E-state index contributed by atoms with van der Waals surface area (Å²) in [6, 6.07) is 16.2. The predicted molar refractivity (Wildman–Crippen MR) is 111 cm³/mol. The Morgan fingerprint density at radius 1 is 1.21 bits per heavy atom. The van der Waals surface area contributed by atoms with Crippen molar-refractivity contribution in [3.8, 4) is 5.75 Å². The van der Waals surface area contributed by atoms with Gasteiger partial charge in [-0.05, 0) is 30.2 Å². The molecule has 0 aliphatic carbocycles. The Kier molecular flexibility index (Phi) is 4.87. The van der Waals surface area contributed by atoms with Crippen LogP contribution in [-0.2, 0) is 11.3 Å². The van der Waals surface area contributed by atoms with Gasteiger partial charge in [-0.15, -0.1) is 0 Å². The fourth-order valence-electron chi connectivity index (χ4n) is 3.14. The number of aromatic nitrogens is 1. The van der Waals surface area contributed by atoms with Gasteiger partial charge in [0.05, 0.1) is 24.3 Å². The molecule has 0 radical (unpaired) electrons. The summed E-state index contributed by atoms with van der Waals surface area (Å²) in [5, 5.41) is 15.6. The Labute approximate surface area is 168 Å². The Morgan fingerprint density at radius 3 is 2.76 bits per heavy atom. The van der Waals surface area contributed by atoms with Crippen molar-refractivity contribution in [3.63, 3.8) is 0 Å². The number of aromatic hydroxyl groups is 1. The van der Waals surface area contributed by atoms with Gasteiger partial charge in [0.1, 0.15) is 5.75 Å². The zero-order valence-corrected chi connectivity index (χ0v) is 15.8. The van der Waals surface area contributed by atoms with E-state index in [1.807, 2.05) is 30.3 Å². The van der Waals surface area contributed by atoms with E-state index in [9.17, 15) is 14.7 Å². The zero-order chi connectivity index (χ0) is 20.4. The van der Waals surface area contributed by atoms with Crippen molar-refractivity contribution in [1.29, 1.82) is 0 Å². The van der Waals surface area contributed by atoms with E-state index in [1.54, 1.807) is 30.0 Å². The largest absolute Gasteiger partial charge is 0.508 e. The maximum absolute atomic E-state index is 12.7. The predicted octanol–water partition coefficient (Wildman–Crippen LogP) is 3.31. The van der Waals surface area contributed by atoms with Crippen LogP contribution >= 0.6 is 0 Å². The molecule has 0 saturated carbocycles. The molecule has 0 unspecified atom stereocenters. The van der Waals surface area contributed by atoms with E-state index in [0.717, 1.165) is 11.1 Å². The van der Waals surface area contributed by atoms with Gasteiger partial charge < -0.3 is 20.6 Å². The topological polar surface area (TPSA) is 94.6 Å². The van der Waals surface area contributed by atoms with E-state index in [2.05, 4.69) is 15.6 Å². The molecule has 3 N–H and O–H groups in total. The molecule has 29 heavy (non-hydrogen) atoms. The number of nitrogens with one attached hydrogen (secondary N) is 2. The number of anilines is 3. The first-order valence-corrected chi connectivity index (χ1v) is 9.20. The van der Waals surface area contributed by atoms with E-state index in [1.165, 1.54) is 12.3 Å². The smallest absolute Gasteiger partial charge is 0.257 e. The third kappa shape index (κ3) is 3.89. The number of aryl methyl sites for hydroxylation is 1. The summed E-state index contributed by atoms with van der Waals surface area (Å²) in [7, 11) is 0. The van der Waals surface area contributed by atoms with E-state index < -0.39 is 0 Å². The van der Waals surface area contributed by atoms with Gasteiger partial charge in [-0.2, -0.15) is 0 Å². The van der Waals surface area contributed by atoms with Crippen molar-refractivity contribution >= 4 is 29.0 Å². The monoisotopic (exact) mass is 388 g/mol. The molecule has 146 valence electrons. The highest BCUT2D eigenvalue weighted by atomic mass is 16.3. The van der Waals surface area contributed by atoms with Crippen LogP contribution < -0.4 is 15.5 Å². The quantitative estimate of drug-likeness (QED) is 0.637. The van der Waals surface area contributed by atoms with Crippen LogP contribution in [0.4, 0.5) is 17.2 Å². The number of phenolic OH excluding ortho intramolecular Hbond substituents is 1. The van der Waals surface area contributed by atoms with Crippen LogP contribution in [0.5, 0.6) is 5.75 Å². The van der Waals surface area contributed by atoms with Crippen LogP contribution in [0.3, 0.4) is 0 Å². The number of pyridine rings is 1. The second kappa shape index (κ2) is 7.63. The van der Waals surface area contributed by atoms with Gasteiger partial charge in [0.15, 0.2) is 5.82 Å². The van der Waals surface area contributed by atoms with Gasteiger partial charge in [0, 0.05) is 18.0 Å². The maximum atomic E-state index is 12.7. The number of amides is 2. The molecule has 3 aromatic rings. The molecule has 1 aromatic heterocycles. The third-order valence-electron chi connectivity index (χ3n) is 4.78. The molecule has 1 aliphatic heterocycles. The highest BCUT2D eigenvalue weighted by Gasteiger charge is 2.26. The number of fused-ring (bicyclic) bond motifs is 1. The lowest BCUT2D eigenvalue weighted by Crippen LogP contribution is -2.40. The lowest BCUT2D eigenvalue weighted by Gasteiger charge is -2.29. The van der Waals surface area contributed by atoms with Crippen molar-refractivity contribution < 1.29 is 14.7 Å². The fraction of sp³-hybridized carbons (Fsp3) is 0.136. The Morgan fingerprint density at radius 2 is 2.00 bits per heavy atom. The first-order valence-electron chi connectivity index (χ1n) is 9.20. The van der Waals surface area contributed by atoms with Crippen LogP contribution in [0.15, 0.2) is 60.8 Å². The van der Waals surface area contributed by atoms with E-state index in [-0.39, 0.29) is 24.1 Å². The molecule has 0 saturated heterocycles. The third-order valence-corrected chi connectivity index (χ3v) is 4.78. The molecule has 0 atom stereocenters. The van der Waals surface area contributed by atoms with Gasteiger partial charge in [-0.3, -0.25) is 9.59 Å². The highest BCUT2D eigenvalue weighted by Crippen LogP contribution is 2.30. The number of phenols is 1. The van der Waals surface area contributed by atoms with E-state index in [0.29, 0.717) is 29.3 Å². The van der Waals surface area contributed by atoms with Gasteiger partial charge in [0.25, 0.3) is 5.91 Å². The van der Waals surface area contributed by atoms with E-state index >= 15 is 0 Å². The molecule has 4 rings (SSSR count). The first kappa shape index (κ1) is 18.5. The van der Waals surface area contributed by atoms with Crippen molar-refractivity contribution in [2.24, 2.45) is 0 Å². The average molecular weight is 388 g/mol. The minimum atomic E-state index is -0.374. The summed E-state index contributed by atoms with van der Waals surface area (Å²) in [6.07, 6.45) is 1.46. The molecule has 2 amide bonds. The highest BCUT2D eigenvalue weighted by molar-refractivity contribution is 6.07. The average Bonchev–Trinajstić information content (AvgIpc) is 2.73. The SMILES string of the molecule is Cc1ccc(NC(=O)c2cnc3c(c2)N(Cc2ccccc2)C(=O)CN3)cc1O. The zero-order valence-electron chi connectivity index (χ0n) is 15.8. The van der Waals surface area contributed by atoms with E-state index in [4.69, 9.17) is 0 Å². The molecule has 0 bridgehead atoms. The van der Waals surface area contributed by atoms with Gasteiger partial charge in [0.2, 0.25) is 5.91 Å². The van der Waals surface area contributed by atoms with Crippen molar-refractivity contribution in [3.05, 3.63) is 77.5 Å². The Hall–Kier alpha value is -3.87. The van der Waals surface area contributed by atoms with Crippen LogP contribution in [0.2, 0.25) is 0 Å². The summed E-state index contributed by atoms with van der Waals surface area (Å²) in [4.78, 5) is 31.1. The van der Waals surface area contributed by atoms with Gasteiger partial charge >= 0.3 is 0 Å². The number of hydrogen-bond acceptors (Lipinski definition) is 5. The van der Waals surface area contributed by atoms with Crippen molar-refractivity contribution in [2.45, 2.75) is 13.5 Å². The maximum Gasteiger partial charge on any atom is 0.257 e. The molecule has 7 nitrogen and oxygen atoms in total. The number of nitrogens with zero attached hydrogens (tertiary/aromatic N) is 2.